The number of hydrogen-bond donors (Lipinski definition) is 1. The van der Waals surface area contributed by atoms with Gasteiger partial charge in [-0.2, -0.15) is 0 Å². The minimum atomic E-state index is -1.04. The van der Waals surface area contributed by atoms with Crippen molar-refractivity contribution < 1.29 is 14.3 Å². The van der Waals surface area contributed by atoms with Crippen LogP contribution < -0.4 is 5.32 Å². The maximum Gasteiger partial charge on any atom is 0.325 e. The van der Waals surface area contributed by atoms with Gasteiger partial charge in [0.15, 0.2) is 0 Å². The molecule has 1 aromatic rings. The smallest absolute Gasteiger partial charge is 0.325 e. The third kappa shape index (κ3) is 2.51. The van der Waals surface area contributed by atoms with Crippen molar-refractivity contribution in [3.8, 4) is 0 Å². The molecule has 2 saturated heterocycles. The van der Waals surface area contributed by atoms with Crippen LogP contribution >= 0.6 is 11.6 Å². The number of hydrogen-bond acceptors (Lipinski definition) is 3. The van der Waals surface area contributed by atoms with Gasteiger partial charge in [-0.3, -0.25) is 9.69 Å². The van der Waals surface area contributed by atoms with E-state index < -0.39 is 5.54 Å². The van der Waals surface area contributed by atoms with E-state index in [1.807, 2.05) is 0 Å². The second-order valence-electron chi connectivity index (χ2n) is 5.61. The van der Waals surface area contributed by atoms with E-state index in [2.05, 4.69) is 5.32 Å². The molecular weight excluding hydrogens is 292 g/mol. The first-order chi connectivity index (χ1) is 10.0. The molecule has 3 rings (SSSR count). The molecule has 0 aromatic heterocycles. The zero-order valence-electron chi connectivity index (χ0n) is 11.8. The van der Waals surface area contributed by atoms with Gasteiger partial charge in [0.2, 0.25) is 0 Å². The highest BCUT2D eigenvalue weighted by atomic mass is 35.5. The van der Waals surface area contributed by atoms with Gasteiger partial charge in [0.25, 0.3) is 5.91 Å². The molecule has 3 amide bonds. The molecule has 5 nitrogen and oxygen atoms in total. The van der Waals surface area contributed by atoms with Crippen LogP contribution in [0.15, 0.2) is 24.3 Å². The van der Waals surface area contributed by atoms with Gasteiger partial charge in [-0.1, -0.05) is 23.7 Å². The van der Waals surface area contributed by atoms with Crippen molar-refractivity contribution in [2.24, 2.45) is 0 Å². The predicted molar refractivity (Wildman–Crippen MR) is 78.0 cm³/mol. The van der Waals surface area contributed by atoms with Crippen molar-refractivity contribution in [2.45, 2.75) is 31.4 Å². The largest absolute Gasteiger partial charge is 0.376 e. The summed E-state index contributed by atoms with van der Waals surface area (Å²) in [6.07, 6.45) is 1.81. The number of ether oxygens (including phenoxy) is 1. The van der Waals surface area contributed by atoms with E-state index in [4.69, 9.17) is 16.3 Å². The van der Waals surface area contributed by atoms with Crippen LogP contribution in [-0.2, 0) is 15.1 Å². The van der Waals surface area contributed by atoms with Crippen molar-refractivity contribution >= 4 is 23.5 Å². The molecule has 2 atom stereocenters. The number of carbonyl (C=O) groups is 2. The SMILES string of the molecule is CC1(c2ccc(Cl)cc2)NC(=O)N(CC2CCCO2)C1=O. The van der Waals surface area contributed by atoms with Crippen LogP contribution in [0.1, 0.15) is 25.3 Å². The van der Waals surface area contributed by atoms with Crippen LogP contribution in [-0.4, -0.2) is 36.1 Å². The lowest BCUT2D eigenvalue weighted by molar-refractivity contribution is -0.132. The molecule has 2 aliphatic rings. The Kier molecular flexibility index (Phi) is 3.63. The lowest BCUT2D eigenvalue weighted by atomic mass is 9.92. The minimum absolute atomic E-state index is 0.0488. The van der Waals surface area contributed by atoms with Gasteiger partial charge < -0.3 is 10.1 Å². The molecular formula is C15H17ClN2O3. The number of urea groups is 1. The van der Waals surface area contributed by atoms with E-state index in [1.54, 1.807) is 31.2 Å². The third-order valence-electron chi connectivity index (χ3n) is 4.11. The quantitative estimate of drug-likeness (QED) is 0.872. The van der Waals surface area contributed by atoms with E-state index in [1.165, 1.54) is 4.90 Å². The number of nitrogens with one attached hydrogen (secondary N) is 1. The molecule has 0 spiro atoms. The average Bonchev–Trinajstić information content (AvgIpc) is 3.03. The molecule has 112 valence electrons. The Bertz CT molecular complexity index is 569. The fourth-order valence-electron chi connectivity index (χ4n) is 2.83. The van der Waals surface area contributed by atoms with Crippen LogP contribution in [0, 0.1) is 0 Å². The standard InChI is InChI=1S/C15H17ClN2O3/c1-15(10-4-6-11(16)7-5-10)13(19)18(14(20)17-15)9-12-3-2-8-21-12/h4-7,12H,2-3,8-9H2,1H3,(H,17,20). The highest BCUT2D eigenvalue weighted by Crippen LogP contribution is 2.30. The van der Waals surface area contributed by atoms with Gasteiger partial charge in [-0.25, -0.2) is 4.79 Å². The zero-order chi connectivity index (χ0) is 15.0. The molecule has 0 aliphatic carbocycles. The molecule has 0 radical (unpaired) electrons. The molecule has 2 fully saturated rings. The molecule has 2 unspecified atom stereocenters. The summed E-state index contributed by atoms with van der Waals surface area (Å²) in [4.78, 5) is 26.1. The number of carbonyl (C=O) groups excluding carboxylic acids is 2. The Morgan fingerprint density at radius 3 is 2.71 bits per heavy atom. The van der Waals surface area contributed by atoms with Gasteiger partial charge in [-0.15, -0.1) is 0 Å². The lowest BCUT2D eigenvalue weighted by Gasteiger charge is -2.23. The van der Waals surface area contributed by atoms with Crippen LogP contribution in [0.5, 0.6) is 0 Å². The monoisotopic (exact) mass is 308 g/mol. The number of benzene rings is 1. The van der Waals surface area contributed by atoms with E-state index in [9.17, 15) is 9.59 Å². The molecule has 0 saturated carbocycles. The number of halogens is 1. The fourth-order valence-corrected chi connectivity index (χ4v) is 2.96. The second-order valence-corrected chi connectivity index (χ2v) is 6.05. The molecule has 21 heavy (non-hydrogen) atoms. The molecule has 6 heteroatoms. The number of amides is 3. The lowest BCUT2D eigenvalue weighted by Crippen LogP contribution is -2.41. The molecule has 2 heterocycles. The fraction of sp³-hybridized carbons (Fsp3) is 0.467. The first-order valence-corrected chi connectivity index (χ1v) is 7.40. The minimum Gasteiger partial charge on any atom is -0.376 e. The summed E-state index contributed by atoms with van der Waals surface area (Å²) in [5.41, 5.74) is -0.319. The maximum absolute atomic E-state index is 12.7. The highest BCUT2D eigenvalue weighted by molar-refractivity contribution is 6.30. The summed E-state index contributed by atoms with van der Waals surface area (Å²) in [7, 11) is 0. The average molecular weight is 309 g/mol. The third-order valence-corrected chi connectivity index (χ3v) is 4.36. The summed E-state index contributed by atoms with van der Waals surface area (Å²) in [6.45, 7) is 2.72. The number of imide groups is 1. The van der Waals surface area contributed by atoms with Gasteiger partial charge in [0.1, 0.15) is 5.54 Å². The van der Waals surface area contributed by atoms with Crippen molar-refractivity contribution in [1.82, 2.24) is 10.2 Å². The summed E-state index contributed by atoms with van der Waals surface area (Å²) in [6, 6.07) is 6.58. The topological polar surface area (TPSA) is 58.6 Å². The van der Waals surface area contributed by atoms with Crippen molar-refractivity contribution in [3.05, 3.63) is 34.9 Å². The first kappa shape index (κ1) is 14.4. The summed E-state index contributed by atoms with van der Waals surface area (Å²) in [5.74, 6) is -0.245. The Labute approximate surface area is 128 Å². The second kappa shape index (κ2) is 5.31. The van der Waals surface area contributed by atoms with Crippen LogP contribution in [0.4, 0.5) is 4.79 Å². The van der Waals surface area contributed by atoms with Crippen LogP contribution in [0.3, 0.4) is 0 Å². The Hall–Kier alpha value is -1.59. The van der Waals surface area contributed by atoms with Crippen LogP contribution in [0.2, 0.25) is 5.02 Å². The summed E-state index contributed by atoms with van der Waals surface area (Å²) >= 11 is 5.87. The van der Waals surface area contributed by atoms with Gasteiger partial charge in [-0.05, 0) is 37.5 Å². The van der Waals surface area contributed by atoms with Crippen molar-refractivity contribution in [2.75, 3.05) is 13.2 Å². The predicted octanol–water partition coefficient (Wildman–Crippen LogP) is 2.29. The van der Waals surface area contributed by atoms with Crippen molar-refractivity contribution in [3.63, 3.8) is 0 Å². The van der Waals surface area contributed by atoms with E-state index in [0.29, 0.717) is 18.2 Å². The Morgan fingerprint density at radius 1 is 1.38 bits per heavy atom. The van der Waals surface area contributed by atoms with E-state index in [0.717, 1.165) is 18.4 Å². The molecule has 1 N–H and O–H groups in total. The maximum atomic E-state index is 12.7. The Balaban J connectivity index is 1.82. The zero-order valence-corrected chi connectivity index (χ0v) is 12.5. The van der Waals surface area contributed by atoms with Crippen molar-refractivity contribution in [1.29, 1.82) is 0 Å². The molecule has 1 aromatic carbocycles. The van der Waals surface area contributed by atoms with E-state index in [-0.39, 0.29) is 18.0 Å². The highest BCUT2D eigenvalue weighted by Gasteiger charge is 2.49. The number of rotatable bonds is 3. The van der Waals surface area contributed by atoms with Gasteiger partial charge in [0, 0.05) is 11.6 Å². The van der Waals surface area contributed by atoms with E-state index >= 15 is 0 Å². The normalized spacial score (nSPS) is 29.0. The Morgan fingerprint density at radius 2 is 2.10 bits per heavy atom. The summed E-state index contributed by atoms with van der Waals surface area (Å²) < 4.78 is 5.51. The number of nitrogens with zero attached hydrogens (tertiary/aromatic N) is 1. The van der Waals surface area contributed by atoms with Crippen LogP contribution in [0.25, 0.3) is 0 Å². The first-order valence-electron chi connectivity index (χ1n) is 7.02. The van der Waals surface area contributed by atoms with Gasteiger partial charge >= 0.3 is 6.03 Å². The molecule has 0 bridgehead atoms. The summed E-state index contributed by atoms with van der Waals surface area (Å²) in [5, 5.41) is 3.37. The molecule has 2 aliphatic heterocycles. The van der Waals surface area contributed by atoms with Gasteiger partial charge in [0.05, 0.1) is 12.6 Å².